The number of carbonyl (C=O) groups is 2. The number of carbonyl (C=O) groups excluding carboxylic acids is 2. The van der Waals surface area contributed by atoms with E-state index in [9.17, 15) is 9.59 Å². The standard InChI is InChI=1S/C36H46O4/c1-27(2)31-25-29(21-23-35(31)39-3)33(37)19-15-10-8-6-5-7-9-11-16-20-34(38)30-22-24-36(40-4)32(26-30)28-17-13-12-14-18-28/h12-14,17-18,21-27H,5-11,15-16,19-20H2,1-4H3. The molecule has 0 N–H and O–H groups in total. The lowest BCUT2D eigenvalue weighted by Crippen LogP contribution is -2.02. The summed E-state index contributed by atoms with van der Waals surface area (Å²) in [5.74, 6) is 2.39. The van der Waals surface area contributed by atoms with E-state index in [1.807, 2.05) is 66.7 Å². The molecule has 214 valence electrons. The van der Waals surface area contributed by atoms with Crippen LogP contribution in [0.2, 0.25) is 0 Å². The molecule has 3 rings (SSSR count). The van der Waals surface area contributed by atoms with Crippen molar-refractivity contribution in [2.45, 2.75) is 90.4 Å². The number of rotatable bonds is 18. The molecule has 0 saturated carbocycles. The van der Waals surface area contributed by atoms with E-state index in [0.717, 1.165) is 65.0 Å². The monoisotopic (exact) mass is 542 g/mol. The molecule has 0 spiro atoms. The first kappa shape index (κ1) is 31.1. The van der Waals surface area contributed by atoms with Crippen LogP contribution in [0.15, 0.2) is 66.7 Å². The average molecular weight is 543 g/mol. The SMILES string of the molecule is COc1ccc(C(=O)CCCCCCCCCCCC(=O)c2ccc(OC)c(C(C)C)c2)cc1-c1ccccc1. The van der Waals surface area contributed by atoms with Crippen molar-refractivity contribution >= 4 is 11.6 Å². The molecule has 4 heteroatoms. The Morgan fingerprint density at radius 2 is 1.07 bits per heavy atom. The fourth-order valence-electron chi connectivity index (χ4n) is 5.18. The van der Waals surface area contributed by atoms with Crippen molar-refractivity contribution in [3.63, 3.8) is 0 Å². The molecule has 0 atom stereocenters. The summed E-state index contributed by atoms with van der Waals surface area (Å²) in [4.78, 5) is 25.4. The van der Waals surface area contributed by atoms with E-state index in [1.54, 1.807) is 14.2 Å². The third-order valence-electron chi connectivity index (χ3n) is 7.59. The van der Waals surface area contributed by atoms with Gasteiger partial charge in [-0.3, -0.25) is 9.59 Å². The topological polar surface area (TPSA) is 52.6 Å². The third-order valence-corrected chi connectivity index (χ3v) is 7.59. The molecule has 0 heterocycles. The van der Waals surface area contributed by atoms with Gasteiger partial charge in [0.1, 0.15) is 11.5 Å². The number of ketones is 2. The minimum Gasteiger partial charge on any atom is -0.496 e. The summed E-state index contributed by atoms with van der Waals surface area (Å²) in [5.41, 5.74) is 4.66. The number of unbranched alkanes of at least 4 members (excludes halogenated alkanes) is 8. The van der Waals surface area contributed by atoms with Crippen molar-refractivity contribution in [3.05, 3.63) is 83.4 Å². The van der Waals surface area contributed by atoms with Crippen LogP contribution in [0.4, 0.5) is 0 Å². The first-order chi connectivity index (χ1) is 19.4. The van der Waals surface area contributed by atoms with Crippen molar-refractivity contribution < 1.29 is 19.1 Å². The van der Waals surface area contributed by atoms with Gasteiger partial charge in [-0.05, 0) is 66.3 Å². The van der Waals surface area contributed by atoms with Crippen LogP contribution in [0.1, 0.15) is 117 Å². The fraction of sp³-hybridized carbons (Fsp3) is 0.444. The summed E-state index contributed by atoms with van der Waals surface area (Å²) in [5, 5.41) is 0. The fourth-order valence-corrected chi connectivity index (χ4v) is 5.18. The minimum absolute atomic E-state index is 0.199. The average Bonchev–Trinajstić information content (AvgIpc) is 2.99. The zero-order valence-electron chi connectivity index (χ0n) is 24.8. The zero-order chi connectivity index (χ0) is 28.7. The number of ether oxygens (including phenoxy) is 2. The van der Waals surface area contributed by atoms with Crippen molar-refractivity contribution in [3.8, 4) is 22.6 Å². The Hall–Kier alpha value is -3.40. The van der Waals surface area contributed by atoms with E-state index in [1.165, 1.54) is 32.1 Å². The Morgan fingerprint density at radius 3 is 1.57 bits per heavy atom. The van der Waals surface area contributed by atoms with Crippen molar-refractivity contribution in [1.82, 2.24) is 0 Å². The highest BCUT2D eigenvalue weighted by Crippen LogP contribution is 2.31. The summed E-state index contributed by atoms with van der Waals surface area (Å²) < 4.78 is 10.9. The second-order valence-corrected chi connectivity index (χ2v) is 10.9. The predicted molar refractivity (Wildman–Crippen MR) is 165 cm³/mol. The van der Waals surface area contributed by atoms with E-state index >= 15 is 0 Å². The predicted octanol–water partition coefficient (Wildman–Crippen LogP) is 9.85. The zero-order valence-corrected chi connectivity index (χ0v) is 24.8. The molecule has 0 bridgehead atoms. The molecule has 3 aromatic rings. The van der Waals surface area contributed by atoms with E-state index in [-0.39, 0.29) is 11.6 Å². The van der Waals surface area contributed by atoms with Gasteiger partial charge in [0.25, 0.3) is 0 Å². The first-order valence-corrected chi connectivity index (χ1v) is 14.9. The molecular formula is C36H46O4. The molecule has 0 radical (unpaired) electrons. The normalized spacial score (nSPS) is 11.0. The van der Waals surface area contributed by atoms with Crippen LogP contribution >= 0.6 is 0 Å². The van der Waals surface area contributed by atoms with Gasteiger partial charge in [-0.25, -0.2) is 0 Å². The summed E-state index contributed by atoms with van der Waals surface area (Å²) in [6, 6.07) is 21.6. The molecule has 0 aliphatic rings. The second kappa shape index (κ2) is 16.6. The first-order valence-electron chi connectivity index (χ1n) is 14.9. The Balaban J connectivity index is 1.27. The third kappa shape index (κ3) is 9.36. The maximum atomic E-state index is 12.8. The summed E-state index contributed by atoms with van der Waals surface area (Å²) in [7, 11) is 3.34. The lowest BCUT2D eigenvalue weighted by Gasteiger charge is -2.13. The number of benzene rings is 3. The summed E-state index contributed by atoms with van der Waals surface area (Å²) in [6.07, 6.45) is 11.2. The molecule has 3 aromatic carbocycles. The molecule has 0 unspecified atom stereocenters. The Morgan fingerprint density at radius 1 is 0.600 bits per heavy atom. The van der Waals surface area contributed by atoms with Crippen LogP contribution < -0.4 is 9.47 Å². The maximum Gasteiger partial charge on any atom is 0.162 e. The Labute approximate surface area is 241 Å². The van der Waals surface area contributed by atoms with E-state index in [4.69, 9.17) is 9.47 Å². The number of methoxy groups -OCH3 is 2. The van der Waals surface area contributed by atoms with Crippen LogP contribution in [0.3, 0.4) is 0 Å². The van der Waals surface area contributed by atoms with E-state index in [2.05, 4.69) is 13.8 Å². The van der Waals surface area contributed by atoms with Gasteiger partial charge < -0.3 is 9.47 Å². The number of hydrogen-bond acceptors (Lipinski definition) is 4. The van der Waals surface area contributed by atoms with Gasteiger partial charge >= 0.3 is 0 Å². The van der Waals surface area contributed by atoms with Crippen molar-refractivity contribution in [2.75, 3.05) is 14.2 Å². The molecule has 0 aliphatic heterocycles. The number of hydrogen-bond donors (Lipinski definition) is 0. The van der Waals surface area contributed by atoms with Crippen LogP contribution in [0, 0.1) is 0 Å². The highest BCUT2D eigenvalue weighted by molar-refractivity contribution is 5.98. The summed E-state index contributed by atoms with van der Waals surface area (Å²) in [6.45, 7) is 4.24. The lowest BCUT2D eigenvalue weighted by molar-refractivity contribution is 0.0971. The lowest BCUT2D eigenvalue weighted by atomic mass is 9.96. The second-order valence-electron chi connectivity index (χ2n) is 10.9. The molecular weight excluding hydrogens is 496 g/mol. The molecule has 0 saturated heterocycles. The Kier molecular flexibility index (Phi) is 13.0. The molecule has 0 amide bonds. The molecule has 0 fully saturated rings. The van der Waals surface area contributed by atoms with Gasteiger partial charge in [0, 0.05) is 29.5 Å². The Bertz CT molecular complexity index is 1210. The van der Waals surface area contributed by atoms with Gasteiger partial charge in [0.05, 0.1) is 14.2 Å². The molecule has 0 aromatic heterocycles. The largest absolute Gasteiger partial charge is 0.496 e. The van der Waals surface area contributed by atoms with E-state index in [0.29, 0.717) is 18.8 Å². The van der Waals surface area contributed by atoms with E-state index < -0.39 is 0 Å². The molecule has 40 heavy (non-hydrogen) atoms. The number of Topliss-reactive ketones (excluding diaryl/α,β-unsaturated/α-hetero) is 2. The van der Waals surface area contributed by atoms with Gasteiger partial charge in [0.2, 0.25) is 0 Å². The van der Waals surface area contributed by atoms with Crippen LogP contribution in [0.5, 0.6) is 11.5 Å². The van der Waals surface area contributed by atoms with Gasteiger partial charge in [0.15, 0.2) is 11.6 Å². The highest BCUT2D eigenvalue weighted by atomic mass is 16.5. The van der Waals surface area contributed by atoms with Gasteiger partial charge in [-0.1, -0.05) is 89.1 Å². The molecule has 4 nitrogen and oxygen atoms in total. The van der Waals surface area contributed by atoms with Gasteiger partial charge in [-0.15, -0.1) is 0 Å². The van der Waals surface area contributed by atoms with Crippen molar-refractivity contribution in [1.29, 1.82) is 0 Å². The minimum atomic E-state index is 0.199. The van der Waals surface area contributed by atoms with Crippen LogP contribution in [-0.4, -0.2) is 25.8 Å². The summed E-state index contributed by atoms with van der Waals surface area (Å²) >= 11 is 0. The van der Waals surface area contributed by atoms with Crippen LogP contribution in [-0.2, 0) is 0 Å². The molecule has 0 aliphatic carbocycles. The maximum absolute atomic E-state index is 12.8. The quantitative estimate of drug-likeness (QED) is 0.119. The smallest absolute Gasteiger partial charge is 0.162 e. The van der Waals surface area contributed by atoms with Crippen molar-refractivity contribution in [2.24, 2.45) is 0 Å². The highest BCUT2D eigenvalue weighted by Gasteiger charge is 2.13. The van der Waals surface area contributed by atoms with Gasteiger partial charge in [-0.2, -0.15) is 0 Å². The van der Waals surface area contributed by atoms with Crippen LogP contribution in [0.25, 0.3) is 11.1 Å².